The second kappa shape index (κ2) is 11.0. The third kappa shape index (κ3) is 8.56. The predicted octanol–water partition coefficient (Wildman–Crippen LogP) is 4.35. The molecule has 0 unspecified atom stereocenters. The van der Waals surface area contributed by atoms with Gasteiger partial charge in [0.2, 0.25) is 0 Å². The highest BCUT2D eigenvalue weighted by molar-refractivity contribution is 5.47. The van der Waals surface area contributed by atoms with Crippen molar-refractivity contribution in [3.05, 3.63) is 60.4 Å². The summed E-state index contributed by atoms with van der Waals surface area (Å²) in [5, 5.41) is 7.51. The first-order chi connectivity index (χ1) is 7.85. The molecule has 16 heavy (non-hydrogen) atoms. The molecule has 1 heteroatoms. The van der Waals surface area contributed by atoms with Crippen LogP contribution in [-0.2, 0) is 0 Å². The minimum atomic E-state index is 1.11. The summed E-state index contributed by atoms with van der Waals surface area (Å²) in [7, 11) is 0. The Hall–Kier alpha value is -2.03. The van der Waals surface area contributed by atoms with Gasteiger partial charge in [0.15, 0.2) is 0 Å². The number of rotatable bonds is 3. The van der Waals surface area contributed by atoms with Crippen molar-refractivity contribution < 1.29 is 0 Å². The Morgan fingerprint density at radius 3 is 2.44 bits per heavy atom. The number of unbranched alkanes of at least 4 members (excludes halogenated alkanes) is 1. The van der Waals surface area contributed by atoms with Gasteiger partial charge in [0.05, 0.1) is 6.07 Å². The van der Waals surface area contributed by atoms with Crippen LogP contribution >= 0.6 is 0 Å². The van der Waals surface area contributed by atoms with Gasteiger partial charge in [0.25, 0.3) is 0 Å². The van der Waals surface area contributed by atoms with E-state index in [0.717, 1.165) is 6.42 Å². The van der Waals surface area contributed by atoms with Crippen LogP contribution < -0.4 is 0 Å². The second-order valence-corrected chi connectivity index (χ2v) is 3.05. The average molecular weight is 211 g/mol. The summed E-state index contributed by atoms with van der Waals surface area (Å²) < 4.78 is 0. The van der Waals surface area contributed by atoms with E-state index in [1.54, 1.807) is 6.07 Å². The van der Waals surface area contributed by atoms with Crippen molar-refractivity contribution in [1.29, 1.82) is 5.26 Å². The molecular weight excluding hydrogens is 194 g/mol. The van der Waals surface area contributed by atoms with Crippen LogP contribution in [0.15, 0.2) is 54.8 Å². The Morgan fingerprint density at radius 1 is 1.31 bits per heavy atom. The molecule has 0 aliphatic rings. The highest BCUT2D eigenvalue weighted by atomic mass is 14.2. The Bertz CT molecular complexity index is 376. The van der Waals surface area contributed by atoms with E-state index in [1.165, 1.54) is 18.1 Å². The maximum atomic E-state index is 7.51. The summed E-state index contributed by atoms with van der Waals surface area (Å²) in [5.74, 6) is 0. The quantitative estimate of drug-likeness (QED) is 0.538. The molecule has 0 aromatic heterocycles. The van der Waals surface area contributed by atoms with Crippen LogP contribution in [0, 0.1) is 11.3 Å². The van der Waals surface area contributed by atoms with Gasteiger partial charge in [-0.3, -0.25) is 0 Å². The number of benzene rings is 1. The average Bonchev–Trinajstić information content (AvgIpc) is 2.36. The molecule has 0 fully saturated rings. The fraction of sp³-hybridized carbons (Fsp3) is 0.200. The molecule has 0 N–H and O–H groups in total. The highest BCUT2D eigenvalue weighted by Gasteiger charge is 1.78. The van der Waals surface area contributed by atoms with Crippen LogP contribution in [-0.4, -0.2) is 0 Å². The van der Waals surface area contributed by atoms with Gasteiger partial charge in [-0.2, -0.15) is 5.26 Å². The zero-order valence-corrected chi connectivity index (χ0v) is 9.69. The van der Waals surface area contributed by atoms with Gasteiger partial charge in [0.1, 0.15) is 0 Å². The van der Waals surface area contributed by atoms with E-state index in [1.807, 2.05) is 24.3 Å². The molecule has 0 amide bonds. The third-order valence-corrected chi connectivity index (χ3v) is 1.69. The zero-order valence-electron chi connectivity index (χ0n) is 9.69. The van der Waals surface area contributed by atoms with E-state index < -0.39 is 0 Å². The molecule has 1 aromatic rings. The molecule has 82 valence electrons. The number of nitriles is 1. The molecule has 0 bridgehead atoms. The zero-order chi connectivity index (χ0) is 12.1. The third-order valence-electron chi connectivity index (χ3n) is 1.69. The van der Waals surface area contributed by atoms with Gasteiger partial charge in [-0.15, -0.1) is 5.73 Å². The van der Waals surface area contributed by atoms with Crippen LogP contribution in [0.1, 0.15) is 25.3 Å². The van der Waals surface area contributed by atoms with E-state index >= 15 is 0 Å². The highest BCUT2D eigenvalue weighted by Crippen LogP contribution is 1.99. The molecule has 0 saturated carbocycles. The second-order valence-electron chi connectivity index (χ2n) is 3.05. The molecule has 1 aromatic carbocycles. The fourth-order valence-corrected chi connectivity index (χ4v) is 0.932. The predicted molar refractivity (Wildman–Crippen MR) is 69.7 cm³/mol. The minimum absolute atomic E-state index is 1.11. The Kier molecular flexibility index (Phi) is 9.65. The number of nitrogens with zero attached hydrogens (tertiary/aromatic N) is 1. The lowest BCUT2D eigenvalue weighted by molar-refractivity contribution is 0.960. The van der Waals surface area contributed by atoms with Crippen molar-refractivity contribution in [3.63, 3.8) is 0 Å². The lowest BCUT2D eigenvalue weighted by Gasteiger charge is -1.86. The molecular formula is C15H17N. The van der Waals surface area contributed by atoms with Gasteiger partial charge in [-0.05, 0) is 24.1 Å². The Morgan fingerprint density at radius 2 is 1.94 bits per heavy atom. The van der Waals surface area contributed by atoms with E-state index in [-0.39, 0.29) is 0 Å². The normalized spacial score (nSPS) is 7.50. The van der Waals surface area contributed by atoms with E-state index in [9.17, 15) is 0 Å². The molecule has 0 aliphatic carbocycles. The number of hydrogen-bond acceptors (Lipinski definition) is 1. The first-order valence-electron chi connectivity index (χ1n) is 5.31. The standard InChI is InChI=1S/C12H14.C3H3N/c1-2-3-4-6-9-12-10-7-5-8-11-12;1-2-3-4/h4-5,7-11H,2-3H2,1H3;2H,1H2. The van der Waals surface area contributed by atoms with E-state index in [4.69, 9.17) is 5.26 Å². The molecule has 0 atom stereocenters. The monoisotopic (exact) mass is 211 g/mol. The summed E-state index contributed by atoms with van der Waals surface area (Å²) in [6.45, 7) is 5.29. The van der Waals surface area contributed by atoms with Crippen LogP contribution in [0.3, 0.4) is 0 Å². The van der Waals surface area contributed by atoms with Gasteiger partial charge in [-0.25, -0.2) is 0 Å². The molecule has 0 heterocycles. The Balaban J connectivity index is 0.000000487. The lowest BCUT2D eigenvalue weighted by Crippen LogP contribution is -1.65. The molecule has 0 saturated heterocycles. The first-order valence-corrected chi connectivity index (χ1v) is 5.31. The van der Waals surface area contributed by atoms with Crippen molar-refractivity contribution in [2.75, 3.05) is 0 Å². The summed E-state index contributed by atoms with van der Waals surface area (Å²) >= 11 is 0. The maximum absolute atomic E-state index is 7.51. The summed E-state index contributed by atoms with van der Waals surface area (Å²) in [5.41, 5.74) is 4.37. The summed E-state index contributed by atoms with van der Waals surface area (Å²) in [6, 6.07) is 11.9. The van der Waals surface area contributed by atoms with Gasteiger partial charge in [-0.1, -0.05) is 50.3 Å². The van der Waals surface area contributed by atoms with Crippen molar-refractivity contribution in [3.8, 4) is 6.07 Å². The molecule has 0 spiro atoms. The maximum Gasteiger partial charge on any atom is 0.0905 e. The first kappa shape index (κ1) is 14.0. The van der Waals surface area contributed by atoms with Gasteiger partial charge in [0, 0.05) is 6.08 Å². The van der Waals surface area contributed by atoms with Crippen molar-refractivity contribution in [2.45, 2.75) is 19.8 Å². The van der Waals surface area contributed by atoms with Crippen LogP contribution in [0.2, 0.25) is 0 Å². The topological polar surface area (TPSA) is 23.8 Å². The van der Waals surface area contributed by atoms with Gasteiger partial charge >= 0.3 is 0 Å². The molecule has 1 nitrogen and oxygen atoms in total. The van der Waals surface area contributed by atoms with Crippen molar-refractivity contribution in [2.24, 2.45) is 0 Å². The lowest BCUT2D eigenvalue weighted by atomic mass is 10.2. The molecule has 0 aliphatic heterocycles. The fourth-order valence-electron chi connectivity index (χ4n) is 0.932. The van der Waals surface area contributed by atoms with E-state index in [2.05, 4.69) is 37.4 Å². The smallest absolute Gasteiger partial charge is 0.0905 e. The molecule has 1 rings (SSSR count). The van der Waals surface area contributed by atoms with Crippen LogP contribution in [0.5, 0.6) is 0 Å². The van der Waals surface area contributed by atoms with Crippen LogP contribution in [0.25, 0.3) is 6.08 Å². The SMILES string of the molecule is C=CC#N.CCCC=C=Cc1ccccc1. The molecule has 0 radical (unpaired) electrons. The van der Waals surface area contributed by atoms with Crippen molar-refractivity contribution in [1.82, 2.24) is 0 Å². The van der Waals surface area contributed by atoms with Crippen LogP contribution in [0.4, 0.5) is 0 Å². The van der Waals surface area contributed by atoms with Crippen molar-refractivity contribution >= 4 is 6.08 Å². The minimum Gasteiger partial charge on any atom is -0.193 e. The Labute approximate surface area is 98.0 Å². The van der Waals surface area contributed by atoms with Gasteiger partial charge < -0.3 is 0 Å². The number of allylic oxidation sites excluding steroid dienone is 2. The summed E-state index contributed by atoms with van der Waals surface area (Å²) in [4.78, 5) is 0. The van der Waals surface area contributed by atoms with E-state index in [0.29, 0.717) is 0 Å². The summed E-state index contributed by atoms with van der Waals surface area (Å²) in [6.07, 6.45) is 7.57. The largest absolute Gasteiger partial charge is 0.193 e. The number of hydrogen-bond donors (Lipinski definition) is 0.